The molecule has 0 spiro atoms. The highest BCUT2D eigenvalue weighted by Gasteiger charge is 2.09. The highest BCUT2D eigenvalue weighted by molar-refractivity contribution is 7.92. The normalized spacial score (nSPS) is 9.76. The van der Waals surface area contributed by atoms with E-state index in [0.717, 1.165) is 5.56 Å². The predicted molar refractivity (Wildman–Crippen MR) is 70.2 cm³/mol. The average molecular weight is 254 g/mol. The van der Waals surface area contributed by atoms with Gasteiger partial charge in [-0.1, -0.05) is 26.0 Å². The van der Waals surface area contributed by atoms with E-state index in [-0.39, 0.29) is 12.2 Å². The van der Waals surface area contributed by atoms with E-state index < -0.39 is 10.0 Å². The van der Waals surface area contributed by atoms with E-state index in [9.17, 15) is 8.42 Å². The third-order valence-corrected chi connectivity index (χ3v) is 3.06. The highest BCUT2D eigenvalue weighted by Crippen LogP contribution is 2.11. The van der Waals surface area contributed by atoms with Crippen LogP contribution < -0.4 is 4.72 Å². The van der Waals surface area contributed by atoms with Gasteiger partial charge in [0.2, 0.25) is 10.0 Å². The lowest BCUT2D eigenvalue weighted by atomic mass is 10.2. The third kappa shape index (κ3) is 6.59. The van der Waals surface area contributed by atoms with E-state index in [2.05, 4.69) is 4.72 Å². The number of rotatable bonds is 4. The van der Waals surface area contributed by atoms with Crippen molar-refractivity contribution in [3.63, 3.8) is 0 Å². The van der Waals surface area contributed by atoms with Gasteiger partial charge in [0.1, 0.15) is 0 Å². The quantitative estimate of drug-likeness (QED) is 0.898. The van der Waals surface area contributed by atoms with Crippen LogP contribution in [0.3, 0.4) is 0 Å². The summed E-state index contributed by atoms with van der Waals surface area (Å²) >= 11 is 0. The molecular formula is C12H18N2O2S. The van der Waals surface area contributed by atoms with E-state index in [1.165, 1.54) is 0 Å². The van der Waals surface area contributed by atoms with Gasteiger partial charge in [-0.15, -0.1) is 0 Å². The molecule has 94 valence electrons. The summed E-state index contributed by atoms with van der Waals surface area (Å²) < 4.78 is 25.2. The van der Waals surface area contributed by atoms with E-state index >= 15 is 0 Å². The fourth-order valence-electron chi connectivity index (χ4n) is 1.12. The van der Waals surface area contributed by atoms with Crippen LogP contribution in [0.15, 0.2) is 24.3 Å². The van der Waals surface area contributed by atoms with Gasteiger partial charge in [-0.3, -0.25) is 4.72 Å². The molecule has 0 atom stereocenters. The Hall–Kier alpha value is -1.54. The molecule has 1 rings (SSSR count). The Labute approximate surface area is 103 Å². The Balaban J connectivity index is 0.00000121. The molecule has 1 aromatic rings. The Morgan fingerprint density at radius 1 is 1.35 bits per heavy atom. The lowest BCUT2D eigenvalue weighted by Gasteiger charge is -2.06. The number of nitriles is 1. The van der Waals surface area contributed by atoms with Crippen LogP contribution in [-0.4, -0.2) is 14.2 Å². The maximum absolute atomic E-state index is 11.4. The third-order valence-electron chi connectivity index (χ3n) is 1.77. The molecule has 0 aromatic heterocycles. The van der Waals surface area contributed by atoms with E-state index in [4.69, 9.17) is 5.26 Å². The van der Waals surface area contributed by atoms with Crippen LogP contribution in [-0.2, 0) is 10.0 Å². The maximum atomic E-state index is 11.4. The van der Waals surface area contributed by atoms with Crippen LogP contribution in [0.1, 0.15) is 25.8 Å². The zero-order valence-corrected chi connectivity index (χ0v) is 11.2. The standard InChI is InChI=1S/C10H12N2O2S.C2H6/c1-9-4-2-5-10(8-9)12-15(13,14)7-3-6-11;1-2/h2,4-5,8,12H,3,7H2,1H3;1-2H3. The molecule has 0 unspecified atom stereocenters. The summed E-state index contributed by atoms with van der Waals surface area (Å²) in [7, 11) is -3.39. The molecule has 0 heterocycles. The zero-order chi connectivity index (χ0) is 13.3. The van der Waals surface area contributed by atoms with Crippen molar-refractivity contribution in [1.29, 1.82) is 5.26 Å². The minimum absolute atomic E-state index is 0.00114. The summed E-state index contributed by atoms with van der Waals surface area (Å²) in [6.45, 7) is 5.88. The lowest BCUT2D eigenvalue weighted by Crippen LogP contribution is -2.16. The topological polar surface area (TPSA) is 70.0 Å². The molecule has 0 aliphatic carbocycles. The SMILES string of the molecule is CC.Cc1cccc(NS(=O)(=O)CCC#N)c1. The zero-order valence-electron chi connectivity index (χ0n) is 10.4. The summed E-state index contributed by atoms with van der Waals surface area (Å²) in [5.41, 5.74) is 1.52. The molecule has 0 amide bonds. The predicted octanol–water partition coefficient (Wildman–Crippen LogP) is 2.68. The van der Waals surface area contributed by atoms with Gasteiger partial charge in [0, 0.05) is 5.69 Å². The van der Waals surface area contributed by atoms with Crippen LogP contribution in [0.4, 0.5) is 5.69 Å². The van der Waals surface area contributed by atoms with Crippen molar-refractivity contribution in [3.05, 3.63) is 29.8 Å². The molecule has 0 aliphatic heterocycles. The van der Waals surface area contributed by atoms with Crippen molar-refractivity contribution in [3.8, 4) is 6.07 Å². The second kappa shape index (κ2) is 7.69. The van der Waals surface area contributed by atoms with Crippen LogP contribution >= 0.6 is 0 Å². The number of nitrogens with one attached hydrogen (secondary N) is 1. The molecule has 1 aromatic carbocycles. The summed E-state index contributed by atoms with van der Waals surface area (Å²) in [5, 5.41) is 8.30. The first kappa shape index (κ1) is 15.5. The van der Waals surface area contributed by atoms with Crippen molar-refractivity contribution in [2.45, 2.75) is 27.2 Å². The van der Waals surface area contributed by atoms with Gasteiger partial charge in [0.05, 0.1) is 18.2 Å². The second-order valence-corrected chi connectivity index (χ2v) is 5.04. The number of aryl methyl sites for hydroxylation is 1. The van der Waals surface area contributed by atoms with Gasteiger partial charge in [-0.25, -0.2) is 8.42 Å². The van der Waals surface area contributed by atoms with Crippen LogP contribution in [0.2, 0.25) is 0 Å². The first-order valence-electron chi connectivity index (χ1n) is 5.47. The molecule has 4 nitrogen and oxygen atoms in total. The maximum Gasteiger partial charge on any atom is 0.233 e. The fraction of sp³-hybridized carbons (Fsp3) is 0.417. The molecule has 0 saturated carbocycles. The van der Waals surface area contributed by atoms with Crippen molar-refractivity contribution in [2.75, 3.05) is 10.5 Å². The number of sulfonamides is 1. The number of benzene rings is 1. The first-order chi connectivity index (χ1) is 8.03. The molecule has 5 heteroatoms. The lowest BCUT2D eigenvalue weighted by molar-refractivity contribution is 0.601. The van der Waals surface area contributed by atoms with Gasteiger partial charge in [0.25, 0.3) is 0 Å². The van der Waals surface area contributed by atoms with Gasteiger partial charge in [0.15, 0.2) is 0 Å². The fourth-order valence-corrected chi connectivity index (χ4v) is 2.07. The number of anilines is 1. The van der Waals surface area contributed by atoms with E-state index in [1.54, 1.807) is 24.3 Å². The second-order valence-electron chi connectivity index (χ2n) is 3.20. The van der Waals surface area contributed by atoms with Gasteiger partial charge < -0.3 is 0 Å². The van der Waals surface area contributed by atoms with E-state index in [0.29, 0.717) is 5.69 Å². The molecule has 0 radical (unpaired) electrons. The van der Waals surface area contributed by atoms with Crippen molar-refractivity contribution in [1.82, 2.24) is 0 Å². The van der Waals surface area contributed by atoms with Gasteiger partial charge in [-0.05, 0) is 24.6 Å². The number of hydrogen-bond donors (Lipinski definition) is 1. The molecular weight excluding hydrogens is 236 g/mol. The van der Waals surface area contributed by atoms with Crippen molar-refractivity contribution < 1.29 is 8.42 Å². The molecule has 0 fully saturated rings. The number of nitrogens with zero attached hydrogens (tertiary/aromatic N) is 1. The molecule has 0 saturated heterocycles. The monoisotopic (exact) mass is 254 g/mol. The summed E-state index contributed by atoms with van der Waals surface area (Å²) in [5.74, 6) is -0.169. The average Bonchev–Trinajstić information content (AvgIpc) is 2.29. The molecule has 0 bridgehead atoms. The Morgan fingerprint density at radius 2 is 2.00 bits per heavy atom. The van der Waals surface area contributed by atoms with E-state index in [1.807, 2.05) is 26.8 Å². The summed E-state index contributed by atoms with van der Waals surface area (Å²) in [6, 6.07) is 8.88. The summed E-state index contributed by atoms with van der Waals surface area (Å²) in [6.07, 6.45) is 0.00114. The smallest absolute Gasteiger partial charge is 0.233 e. The van der Waals surface area contributed by atoms with Crippen LogP contribution in [0.25, 0.3) is 0 Å². The van der Waals surface area contributed by atoms with Gasteiger partial charge in [-0.2, -0.15) is 5.26 Å². The Morgan fingerprint density at radius 3 is 2.53 bits per heavy atom. The van der Waals surface area contributed by atoms with Crippen molar-refractivity contribution >= 4 is 15.7 Å². The minimum Gasteiger partial charge on any atom is -0.284 e. The minimum atomic E-state index is -3.39. The molecule has 1 N–H and O–H groups in total. The number of hydrogen-bond acceptors (Lipinski definition) is 3. The van der Waals surface area contributed by atoms with Crippen molar-refractivity contribution in [2.24, 2.45) is 0 Å². The molecule has 17 heavy (non-hydrogen) atoms. The van der Waals surface area contributed by atoms with Gasteiger partial charge >= 0.3 is 0 Å². The Kier molecular flexibility index (Phi) is 6.99. The van der Waals surface area contributed by atoms with Crippen LogP contribution in [0.5, 0.6) is 0 Å². The molecule has 0 aliphatic rings. The Bertz CT molecular complexity index is 476. The summed E-state index contributed by atoms with van der Waals surface area (Å²) in [4.78, 5) is 0. The van der Waals surface area contributed by atoms with Crippen LogP contribution in [0, 0.1) is 18.3 Å². The largest absolute Gasteiger partial charge is 0.284 e. The first-order valence-corrected chi connectivity index (χ1v) is 7.13. The highest BCUT2D eigenvalue weighted by atomic mass is 32.2.